The number of carbonyl (C=O) groups is 1. The summed E-state index contributed by atoms with van der Waals surface area (Å²) in [4.78, 5) is 22.0. The smallest absolute Gasteiger partial charge is 0.252 e. The molecule has 1 saturated heterocycles. The Kier molecular flexibility index (Phi) is 6.06. The number of nitrogens with one attached hydrogen (secondary N) is 1. The minimum absolute atomic E-state index is 0.179. The third-order valence-electron chi connectivity index (χ3n) is 5.59. The summed E-state index contributed by atoms with van der Waals surface area (Å²) in [5, 5.41) is 3.66. The van der Waals surface area contributed by atoms with Crippen LogP contribution < -0.4 is 5.32 Å². The van der Waals surface area contributed by atoms with Crippen LogP contribution in [-0.4, -0.2) is 53.9 Å². The molecule has 0 radical (unpaired) electrons. The number of carbonyl (C=O) groups excluding carboxylic acids is 1. The van der Waals surface area contributed by atoms with Crippen LogP contribution in [0.15, 0.2) is 48.5 Å². The normalized spacial score (nSPS) is 15.4. The Hall–Kier alpha value is -2.83. The minimum atomic E-state index is -0.357. The van der Waals surface area contributed by atoms with Gasteiger partial charge in [-0.1, -0.05) is 24.3 Å². The number of piperazine rings is 1. The fourth-order valence-corrected chi connectivity index (χ4v) is 3.90. The van der Waals surface area contributed by atoms with Crippen molar-refractivity contribution >= 4 is 16.8 Å². The largest absolute Gasteiger partial charge is 0.348 e. The number of rotatable bonds is 5. The molecular formula is C24H27FN4O. The number of hydrogen-bond acceptors (Lipinski definition) is 4. The zero-order valence-corrected chi connectivity index (χ0v) is 17.5. The van der Waals surface area contributed by atoms with E-state index in [9.17, 15) is 9.18 Å². The van der Waals surface area contributed by atoms with Crippen LogP contribution in [0.2, 0.25) is 0 Å². The summed E-state index contributed by atoms with van der Waals surface area (Å²) in [7, 11) is 2.16. The molecule has 156 valence electrons. The lowest BCUT2D eigenvalue weighted by Gasteiger charge is -2.32. The zero-order valence-electron chi connectivity index (χ0n) is 17.5. The van der Waals surface area contributed by atoms with Gasteiger partial charge in [-0.2, -0.15) is 0 Å². The van der Waals surface area contributed by atoms with Gasteiger partial charge in [0, 0.05) is 56.4 Å². The Labute approximate surface area is 176 Å². The number of likely N-dealkylation sites (N-methyl/N-ethyl adjacent to an activating group) is 1. The maximum atomic E-state index is 13.5. The molecule has 1 N–H and O–H groups in total. The van der Waals surface area contributed by atoms with E-state index in [0.717, 1.165) is 38.3 Å². The molecule has 0 atom stereocenters. The summed E-state index contributed by atoms with van der Waals surface area (Å²) in [6.45, 7) is 7.52. The van der Waals surface area contributed by atoms with Gasteiger partial charge in [0.05, 0.1) is 11.1 Å². The van der Waals surface area contributed by atoms with Crippen LogP contribution >= 0.6 is 0 Å². The lowest BCUT2D eigenvalue weighted by Crippen LogP contribution is -2.43. The number of pyridine rings is 1. The minimum Gasteiger partial charge on any atom is -0.348 e. The lowest BCUT2D eigenvalue weighted by atomic mass is 10.1. The van der Waals surface area contributed by atoms with Crippen molar-refractivity contribution in [2.24, 2.45) is 0 Å². The summed E-state index contributed by atoms with van der Waals surface area (Å²) in [5.41, 5.74) is 4.02. The Balaban J connectivity index is 1.44. The van der Waals surface area contributed by atoms with Crippen LogP contribution in [-0.2, 0) is 13.1 Å². The number of benzene rings is 2. The van der Waals surface area contributed by atoms with E-state index in [1.54, 1.807) is 12.1 Å². The van der Waals surface area contributed by atoms with E-state index >= 15 is 0 Å². The average Bonchev–Trinajstić information content (AvgIpc) is 2.73. The van der Waals surface area contributed by atoms with E-state index in [-0.39, 0.29) is 11.7 Å². The van der Waals surface area contributed by atoms with Crippen molar-refractivity contribution < 1.29 is 9.18 Å². The highest BCUT2D eigenvalue weighted by Crippen LogP contribution is 2.20. The second kappa shape index (κ2) is 8.90. The quantitative estimate of drug-likeness (QED) is 0.706. The van der Waals surface area contributed by atoms with Gasteiger partial charge in [0.2, 0.25) is 0 Å². The van der Waals surface area contributed by atoms with Gasteiger partial charge < -0.3 is 10.2 Å². The Morgan fingerprint density at radius 2 is 1.83 bits per heavy atom. The lowest BCUT2D eigenvalue weighted by molar-refractivity contribution is 0.0952. The first-order valence-electron chi connectivity index (χ1n) is 10.3. The maximum Gasteiger partial charge on any atom is 0.252 e. The Morgan fingerprint density at radius 1 is 1.07 bits per heavy atom. The molecule has 4 rings (SSSR count). The molecule has 0 bridgehead atoms. The van der Waals surface area contributed by atoms with Crippen molar-refractivity contribution in [2.45, 2.75) is 20.0 Å². The molecule has 0 aliphatic carbocycles. The molecule has 6 heteroatoms. The highest BCUT2D eigenvalue weighted by molar-refractivity contribution is 6.06. The van der Waals surface area contributed by atoms with Gasteiger partial charge in [-0.05, 0) is 43.3 Å². The van der Waals surface area contributed by atoms with Crippen LogP contribution in [0.4, 0.5) is 4.39 Å². The molecule has 3 aromatic rings. The van der Waals surface area contributed by atoms with Crippen molar-refractivity contribution in [2.75, 3.05) is 33.2 Å². The van der Waals surface area contributed by atoms with Crippen molar-refractivity contribution in [3.63, 3.8) is 0 Å². The van der Waals surface area contributed by atoms with Crippen LogP contribution in [0.5, 0.6) is 0 Å². The predicted octanol–water partition coefficient (Wildman–Crippen LogP) is 3.36. The first kappa shape index (κ1) is 20.4. The number of amides is 1. The van der Waals surface area contributed by atoms with E-state index in [2.05, 4.69) is 39.3 Å². The Bertz CT molecular complexity index is 1060. The number of aromatic nitrogens is 1. The summed E-state index contributed by atoms with van der Waals surface area (Å²) >= 11 is 0. The molecule has 1 aromatic heterocycles. The molecule has 2 aromatic carbocycles. The summed E-state index contributed by atoms with van der Waals surface area (Å²) < 4.78 is 13.5. The van der Waals surface area contributed by atoms with Crippen LogP contribution in [0.1, 0.15) is 27.2 Å². The fourth-order valence-electron chi connectivity index (χ4n) is 3.90. The molecular weight excluding hydrogens is 379 g/mol. The fraction of sp³-hybridized carbons (Fsp3) is 0.333. The van der Waals surface area contributed by atoms with Gasteiger partial charge in [0.15, 0.2) is 0 Å². The highest BCUT2D eigenvalue weighted by Gasteiger charge is 2.15. The van der Waals surface area contributed by atoms with Gasteiger partial charge in [0.25, 0.3) is 5.91 Å². The van der Waals surface area contributed by atoms with Crippen LogP contribution in [0.25, 0.3) is 10.9 Å². The van der Waals surface area contributed by atoms with Crippen molar-refractivity contribution in [1.29, 1.82) is 0 Å². The van der Waals surface area contributed by atoms with Gasteiger partial charge >= 0.3 is 0 Å². The average molecular weight is 407 g/mol. The summed E-state index contributed by atoms with van der Waals surface area (Å²) in [6.07, 6.45) is 0. The third kappa shape index (κ3) is 4.83. The third-order valence-corrected chi connectivity index (χ3v) is 5.59. The second-order valence-electron chi connectivity index (χ2n) is 8.05. The molecule has 0 saturated carbocycles. The predicted molar refractivity (Wildman–Crippen MR) is 117 cm³/mol. The zero-order chi connectivity index (χ0) is 21.1. The SMILES string of the molecule is Cc1cc(C(=O)NCc2cccc(CN3CCN(C)CC3)c2)c2ccc(F)cc2n1. The van der Waals surface area contributed by atoms with E-state index in [4.69, 9.17) is 0 Å². The van der Waals surface area contributed by atoms with Crippen molar-refractivity contribution in [3.8, 4) is 0 Å². The summed E-state index contributed by atoms with van der Waals surface area (Å²) in [6, 6.07) is 14.4. The number of nitrogens with zero attached hydrogens (tertiary/aromatic N) is 3. The van der Waals surface area contributed by atoms with E-state index in [0.29, 0.717) is 28.7 Å². The van der Waals surface area contributed by atoms with Gasteiger partial charge in [-0.25, -0.2) is 4.39 Å². The molecule has 1 amide bonds. The van der Waals surface area contributed by atoms with E-state index in [1.165, 1.54) is 17.7 Å². The number of aryl methyl sites for hydroxylation is 1. The molecule has 1 fully saturated rings. The van der Waals surface area contributed by atoms with Crippen molar-refractivity contribution in [3.05, 3.63) is 76.7 Å². The van der Waals surface area contributed by atoms with Gasteiger partial charge in [-0.3, -0.25) is 14.7 Å². The van der Waals surface area contributed by atoms with Crippen molar-refractivity contribution in [1.82, 2.24) is 20.1 Å². The summed E-state index contributed by atoms with van der Waals surface area (Å²) in [5.74, 6) is -0.536. The number of hydrogen-bond donors (Lipinski definition) is 1. The van der Waals surface area contributed by atoms with Crippen LogP contribution in [0.3, 0.4) is 0 Å². The van der Waals surface area contributed by atoms with Crippen LogP contribution in [0, 0.1) is 12.7 Å². The Morgan fingerprint density at radius 3 is 2.63 bits per heavy atom. The number of fused-ring (bicyclic) bond motifs is 1. The molecule has 2 heterocycles. The molecule has 0 unspecified atom stereocenters. The highest BCUT2D eigenvalue weighted by atomic mass is 19.1. The van der Waals surface area contributed by atoms with E-state index in [1.807, 2.05) is 19.1 Å². The number of halogens is 1. The molecule has 1 aliphatic heterocycles. The first-order valence-corrected chi connectivity index (χ1v) is 10.3. The van der Waals surface area contributed by atoms with Gasteiger partial charge in [-0.15, -0.1) is 0 Å². The first-order chi connectivity index (χ1) is 14.5. The van der Waals surface area contributed by atoms with E-state index < -0.39 is 0 Å². The topological polar surface area (TPSA) is 48.5 Å². The monoisotopic (exact) mass is 406 g/mol. The molecule has 30 heavy (non-hydrogen) atoms. The maximum absolute atomic E-state index is 13.5. The second-order valence-corrected chi connectivity index (χ2v) is 8.05. The molecule has 1 aliphatic rings. The standard InChI is InChI=1S/C24H27FN4O/c1-17-12-22(21-7-6-20(25)14-23(21)27-17)24(30)26-15-18-4-3-5-19(13-18)16-29-10-8-28(2)9-11-29/h3-7,12-14H,8-11,15-16H2,1-2H3,(H,26,30). The molecule has 0 spiro atoms. The molecule has 5 nitrogen and oxygen atoms in total. The van der Waals surface area contributed by atoms with Gasteiger partial charge in [0.1, 0.15) is 5.82 Å².